The SMILES string of the molecule is CNC(=O)c1cn([C@H]2C[C@@H](C(C)(C)C)[C@@H](CC(C)(C)C)O2)c(=O)[nH]c1=O. The summed E-state index contributed by atoms with van der Waals surface area (Å²) in [6.07, 6.45) is 2.33. The molecule has 1 saturated heterocycles. The highest BCUT2D eigenvalue weighted by atomic mass is 16.5. The van der Waals surface area contributed by atoms with E-state index in [1.165, 1.54) is 17.8 Å². The molecule has 1 aromatic heterocycles. The summed E-state index contributed by atoms with van der Waals surface area (Å²) in [7, 11) is 1.44. The standard InChI is InChI=1S/C19H31N3O4/c1-18(2,3)9-13-12(19(4,5)6)8-14(26-13)22-10-11(15(23)20-7)16(24)21-17(22)25/h10,12-14H,8-9H2,1-7H3,(H,20,23)(H,21,24,25)/t12-,13-,14-/m1/s1. The Morgan fingerprint density at radius 1 is 1.27 bits per heavy atom. The van der Waals surface area contributed by atoms with E-state index in [0.29, 0.717) is 6.42 Å². The Morgan fingerprint density at radius 2 is 1.88 bits per heavy atom. The van der Waals surface area contributed by atoms with Crippen LogP contribution in [0.3, 0.4) is 0 Å². The zero-order valence-electron chi connectivity index (χ0n) is 16.8. The second kappa shape index (κ2) is 7.02. The molecule has 26 heavy (non-hydrogen) atoms. The molecule has 2 N–H and O–H groups in total. The lowest BCUT2D eigenvalue weighted by Crippen LogP contribution is -2.37. The lowest BCUT2D eigenvalue weighted by atomic mass is 9.73. The summed E-state index contributed by atoms with van der Waals surface area (Å²) in [5.74, 6) is -0.273. The van der Waals surface area contributed by atoms with Gasteiger partial charge in [0.15, 0.2) is 0 Å². The summed E-state index contributed by atoms with van der Waals surface area (Å²) in [5.41, 5.74) is -1.24. The first-order valence-corrected chi connectivity index (χ1v) is 9.06. The molecule has 2 heterocycles. The molecule has 1 amide bonds. The van der Waals surface area contributed by atoms with Gasteiger partial charge in [-0.05, 0) is 29.6 Å². The molecule has 7 nitrogen and oxygen atoms in total. The van der Waals surface area contributed by atoms with Crippen LogP contribution in [0.5, 0.6) is 0 Å². The highest BCUT2D eigenvalue weighted by molar-refractivity contribution is 5.93. The number of rotatable bonds is 3. The Hall–Kier alpha value is -1.89. The fourth-order valence-corrected chi connectivity index (χ4v) is 3.60. The molecule has 0 aromatic carbocycles. The minimum atomic E-state index is -0.692. The quantitative estimate of drug-likeness (QED) is 0.859. The summed E-state index contributed by atoms with van der Waals surface area (Å²) in [5, 5.41) is 2.42. The van der Waals surface area contributed by atoms with Crippen molar-refractivity contribution in [1.29, 1.82) is 0 Å². The fourth-order valence-electron chi connectivity index (χ4n) is 3.60. The Labute approximate surface area is 154 Å². The van der Waals surface area contributed by atoms with E-state index in [9.17, 15) is 14.4 Å². The molecule has 7 heteroatoms. The minimum Gasteiger partial charge on any atom is -0.355 e. The number of aromatic nitrogens is 2. The second-order valence-corrected chi connectivity index (χ2v) is 9.39. The van der Waals surface area contributed by atoms with Crippen molar-refractivity contribution in [2.45, 2.75) is 66.7 Å². The number of aromatic amines is 1. The van der Waals surface area contributed by atoms with Gasteiger partial charge >= 0.3 is 5.69 Å². The van der Waals surface area contributed by atoms with Crippen LogP contribution in [0, 0.1) is 16.7 Å². The van der Waals surface area contributed by atoms with Crippen LogP contribution in [0.25, 0.3) is 0 Å². The van der Waals surface area contributed by atoms with Crippen LogP contribution in [-0.2, 0) is 4.74 Å². The normalized spacial score (nSPS) is 23.9. The maximum absolute atomic E-state index is 12.3. The molecular weight excluding hydrogens is 334 g/mol. The van der Waals surface area contributed by atoms with Gasteiger partial charge in [0.2, 0.25) is 0 Å². The second-order valence-electron chi connectivity index (χ2n) is 9.39. The molecule has 1 fully saturated rings. The Balaban J connectivity index is 2.42. The zero-order valence-corrected chi connectivity index (χ0v) is 16.8. The summed E-state index contributed by atoms with van der Waals surface area (Å²) in [6.45, 7) is 13.0. The van der Waals surface area contributed by atoms with E-state index in [0.717, 1.165) is 6.42 Å². The smallest absolute Gasteiger partial charge is 0.330 e. The predicted octanol–water partition coefficient (Wildman–Crippen LogP) is 2.28. The molecule has 0 saturated carbocycles. The lowest BCUT2D eigenvalue weighted by molar-refractivity contribution is -0.0342. The molecule has 2 rings (SSSR count). The Bertz CT molecular complexity index is 780. The van der Waals surface area contributed by atoms with Crippen molar-refractivity contribution in [3.8, 4) is 0 Å². The first kappa shape index (κ1) is 20.4. The molecule has 0 spiro atoms. The molecule has 0 aliphatic carbocycles. The number of ether oxygens (including phenoxy) is 1. The van der Waals surface area contributed by atoms with Crippen molar-refractivity contribution >= 4 is 5.91 Å². The molecular formula is C19H31N3O4. The average Bonchev–Trinajstić information content (AvgIpc) is 2.88. The van der Waals surface area contributed by atoms with Gasteiger partial charge in [-0.1, -0.05) is 41.5 Å². The zero-order chi connectivity index (χ0) is 19.9. The van der Waals surface area contributed by atoms with Crippen molar-refractivity contribution in [3.63, 3.8) is 0 Å². The van der Waals surface area contributed by atoms with Gasteiger partial charge in [0.1, 0.15) is 11.8 Å². The number of nitrogens with zero attached hydrogens (tertiary/aromatic N) is 1. The van der Waals surface area contributed by atoms with E-state index in [4.69, 9.17) is 4.74 Å². The number of H-pyrrole nitrogens is 1. The summed E-state index contributed by atoms with van der Waals surface area (Å²) < 4.78 is 7.60. The van der Waals surface area contributed by atoms with Crippen LogP contribution in [0.2, 0.25) is 0 Å². The van der Waals surface area contributed by atoms with E-state index in [1.54, 1.807) is 0 Å². The van der Waals surface area contributed by atoms with Crippen LogP contribution < -0.4 is 16.6 Å². The van der Waals surface area contributed by atoms with E-state index in [1.807, 2.05) is 0 Å². The van der Waals surface area contributed by atoms with Crippen LogP contribution in [0.1, 0.15) is 71.0 Å². The molecule has 0 bridgehead atoms. The molecule has 1 aliphatic heterocycles. The number of amides is 1. The van der Waals surface area contributed by atoms with Gasteiger partial charge in [-0.2, -0.15) is 0 Å². The molecule has 0 unspecified atom stereocenters. The first-order chi connectivity index (χ1) is 11.8. The van der Waals surface area contributed by atoms with Crippen LogP contribution >= 0.6 is 0 Å². The molecule has 1 aliphatic rings. The first-order valence-electron chi connectivity index (χ1n) is 9.06. The van der Waals surface area contributed by atoms with Gasteiger partial charge in [0.25, 0.3) is 11.5 Å². The average molecular weight is 365 g/mol. The van der Waals surface area contributed by atoms with E-state index < -0.39 is 23.4 Å². The van der Waals surface area contributed by atoms with Gasteiger partial charge in [-0.15, -0.1) is 0 Å². The Morgan fingerprint density at radius 3 is 2.38 bits per heavy atom. The Kier molecular flexibility index (Phi) is 5.52. The van der Waals surface area contributed by atoms with Gasteiger partial charge in [0.05, 0.1) is 6.10 Å². The largest absolute Gasteiger partial charge is 0.355 e. The van der Waals surface area contributed by atoms with E-state index >= 15 is 0 Å². The number of hydrogen-bond donors (Lipinski definition) is 2. The van der Waals surface area contributed by atoms with E-state index in [-0.39, 0.29) is 28.4 Å². The minimum absolute atomic E-state index is 0.00211. The number of carbonyl (C=O) groups is 1. The van der Waals surface area contributed by atoms with Crippen LogP contribution in [0.15, 0.2) is 15.8 Å². The third-order valence-corrected chi connectivity index (χ3v) is 4.91. The fraction of sp³-hybridized carbons (Fsp3) is 0.737. The molecule has 1 aromatic rings. The maximum Gasteiger partial charge on any atom is 0.330 e. The van der Waals surface area contributed by atoms with Crippen molar-refractivity contribution in [2.24, 2.45) is 16.7 Å². The van der Waals surface area contributed by atoms with Gasteiger partial charge in [-0.25, -0.2) is 4.79 Å². The maximum atomic E-state index is 12.3. The van der Waals surface area contributed by atoms with Crippen molar-refractivity contribution in [3.05, 3.63) is 32.6 Å². The number of carbonyl (C=O) groups excluding carboxylic acids is 1. The monoisotopic (exact) mass is 365 g/mol. The summed E-state index contributed by atoms with van der Waals surface area (Å²) in [4.78, 5) is 38.4. The highest BCUT2D eigenvalue weighted by Crippen LogP contribution is 2.46. The summed E-state index contributed by atoms with van der Waals surface area (Å²) >= 11 is 0. The third kappa shape index (κ3) is 4.44. The molecule has 146 valence electrons. The highest BCUT2D eigenvalue weighted by Gasteiger charge is 2.44. The van der Waals surface area contributed by atoms with Crippen molar-refractivity contribution in [1.82, 2.24) is 14.9 Å². The predicted molar refractivity (Wildman–Crippen MR) is 100 cm³/mol. The van der Waals surface area contributed by atoms with Gasteiger partial charge in [0, 0.05) is 13.2 Å². The third-order valence-electron chi connectivity index (χ3n) is 4.91. The number of nitrogens with one attached hydrogen (secondary N) is 2. The van der Waals surface area contributed by atoms with Crippen molar-refractivity contribution in [2.75, 3.05) is 7.05 Å². The topological polar surface area (TPSA) is 93.2 Å². The lowest BCUT2D eigenvalue weighted by Gasteiger charge is -2.33. The number of hydrogen-bond acceptors (Lipinski definition) is 4. The van der Waals surface area contributed by atoms with Gasteiger partial charge < -0.3 is 10.1 Å². The van der Waals surface area contributed by atoms with E-state index in [2.05, 4.69) is 51.8 Å². The molecule has 3 atom stereocenters. The van der Waals surface area contributed by atoms with Gasteiger partial charge in [-0.3, -0.25) is 19.1 Å². The van der Waals surface area contributed by atoms with Crippen LogP contribution in [-0.4, -0.2) is 28.6 Å². The van der Waals surface area contributed by atoms with Crippen molar-refractivity contribution < 1.29 is 9.53 Å². The summed E-state index contributed by atoms with van der Waals surface area (Å²) in [6, 6.07) is 0. The molecule has 0 radical (unpaired) electrons. The van der Waals surface area contributed by atoms with Crippen LogP contribution in [0.4, 0.5) is 0 Å².